The normalized spacial score (nSPS) is 16.5. The maximum Gasteiger partial charge on any atom is 0.417 e. The van der Waals surface area contributed by atoms with Crippen LogP contribution in [0.1, 0.15) is 41.9 Å². The summed E-state index contributed by atoms with van der Waals surface area (Å²) in [6.07, 6.45) is -10.0. The number of ketones is 2. The van der Waals surface area contributed by atoms with E-state index in [-0.39, 0.29) is 30.4 Å². The van der Waals surface area contributed by atoms with Crippen LogP contribution in [0.25, 0.3) is 11.1 Å². The summed E-state index contributed by atoms with van der Waals surface area (Å²) in [6, 6.07) is 7.01. The maximum absolute atomic E-state index is 13.4. The molecule has 1 saturated carbocycles. The molecular formula is C20H14F6O2. The predicted octanol–water partition coefficient (Wildman–Crippen LogP) is 5.80. The molecule has 0 N–H and O–H groups in total. The van der Waals surface area contributed by atoms with Gasteiger partial charge in [-0.15, -0.1) is 0 Å². The van der Waals surface area contributed by atoms with Gasteiger partial charge < -0.3 is 0 Å². The van der Waals surface area contributed by atoms with Crippen LogP contribution < -0.4 is 0 Å². The fourth-order valence-electron chi connectivity index (χ4n) is 3.41. The summed E-state index contributed by atoms with van der Waals surface area (Å²) in [5, 5.41) is 0. The van der Waals surface area contributed by atoms with Crippen molar-refractivity contribution in [3.8, 4) is 11.1 Å². The van der Waals surface area contributed by atoms with E-state index in [2.05, 4.69) is 0 Å². The molecule has 0 aliphatic heterocycles. The maximum atomic E-state index is 13.4. The molecule has 0 radical (unpaired) electrons. The van der Waals surface area contributed by atoms with Crippen LogP contribution in [-0.2, 0) is 21.9 Å². The Hall–Kier alpha value is -2.64. The van der Waals surface area contributed by atoms with Gasteiger partial charge in [-0.1, -0.05) is 24.3 Å². The molecule has 148 valence electrons. The zero-order chi connectivity index (χ0) is 20.7. The minimum absolute atomic E-state index is 0.0307. The minimum Gasteiger partial charge on any atom is -0.299 e. The van der Waals surface area contributed by atoms with Crippen molar-refractivity contribution in [2.24, 2.45) is 0 Å². The molecule has 8 heteroatoms. The lowest BCUT2D eigenvalue weighted by Crippen LogP contribution is -2.21. The second kappa shape index (κ2) is 7.07. The number of rotatable bonds is 2. The van der Waals surface area contributed by atoms with Crippen molar-refractivity contribution in [1.82, 2.24) is 0 Å². The Morgan fingerprint density at radius 2 is 1.39 bits per heavy atom. The molecule has 0 atom stereocenters. The first-order valence-corrected chi connectivity index (χ1v) is 8.37. The average Bonchev–Trinajstić information content (AvgIpc) is 2.59. The summed E-state index contributed by atoms with van der Waals surface area (Å²) < 4.78 is 80.0. The van der Waals surface area contributed by atoms with E-state index in [0.29, 0.717) is 6.07 Å². The molecule has 0 spiro atoms. The lowest BCUT2D eigenvalue weighted by Gasteiger charge is -2.23. The first kappa shape index (κ1) is 20.1. The van der Waals surface area contributed by atoms with Crippen molar-refractivity contribution in [3.05, 3.63) is 59.2 Å². The first-order valence-electron chi connectivity index (χ1n) is 8.37. The number of carbonyl (C=O) groups excluding carboxylic acids is 2. The summed E-state index contributed by atoms with van der Waals surface area (Å²) in [5.74, 6) is -1.57. The van der Waals surface area contributed by atoms with Gasteiger partial charge in [0, 0.05) is 12.8 Å². The highest BCUT2D eigenvalue weighted by Crippen LogP contribution is 2.41. The van der Waals surface area contributed by atoms with Gasteiger partial charge in [-0.05, 0) is 40.8 Å². The van der Waals surface area contributed by atoms with Gasteiger partial charge in [-0.2, -0.15) is 26.3 Å². The molecule has 1 fully saturated rings. The third-order valence-electron chi connectivity index (χ3n) is 4.64. The van der Waals surface area contributed by atoms with Crippen LogP contribution in [-0.4, -0.2) is 11.6 Å². The molecule has 3 rings (SSSR count). The smallest absolute Gasteiger partial charge is 0.299 e. The number of carbonyl (C=O) groups is 2. The van der Waals surface area contributed by atoms with E-state index in [9.17, 15) is 35.9 Å². The highest BCUT2D eigenvalue weighted by molar-refractivity contribution is 6.02. The van der Waals surface area contributed by atoms with Crippen molar-refractivity contribution >= 4 is 11.6 Å². The summed E-state index contributed by atoms with van der Waals surface area (Å²) in [5.41, 5.74) is -2.80. The topological polar surface area (TPSA) is 34.1 Å². The standard InChI is InChI=1S/C20H14F6O2/c21-19(22,23)14-6-11(12-8-15(27)10-16(28)9-12)5-13(7-14)17-3-1-2-4-18(17)20(24,25)26/h1-7,12H,8-10H2. The third kappa shape index (κ3) is 4.26. The molecule has 0 unspecified atom stereocenters. The van der Waals surface area contributed by atoms with Crippen molar-refractivity contribution in [1.29, 1.82) is 0 Å². The Morgan fingerprint density at radius 3 is 1.96 bits per heavy atom. The number of alkyl halides is 6. The van der Waals surface area contributed by atoms with E-state index in [1.54, 1.807) is 0 Å². The van der Waals surface area contributed by atoms with Gasteiger partial charge in [0.2, 0.25) is 0 Å². The fraction of sp³-hybridized carbons (Fsp3) is 0.300. The SMILES string of the molecule is O=C1CC(=O)CC(c2cc(-c3ccccc3C(F)(F)F)cc(C(F)(F)F)c2)C1. The van der Waals surface area contributed by atoms with Gasteiger partial charge in [0.15, 0.2) is 0 Å². The Kier molecular flexibility index (Phi) is 5.08. The first-order chi connectivity index (χ1) is 12.9. The monoisotopic (exact) mass is 400 g/mol. The van der Waals surface area contributed by atoms with Crippen molar-refractivity contribution in [2.45, 2.75) is 37.5 Å². The zero-order valence-electron chi connectivity index (χ0n) is 14.3. The van der Waals surface area contributed by atoms with Crippen molar-refractivity contribution < 1.29 is 35.9 Å². The van der Waals surface area contributed by atoms with Crippen molar-refractivity contribution in [3.63, 3.8) is 0 Å². The van der Waals surface area contributed by atoms with Crippen molar-refractivity contribution in [2.75, 3.05) is 0 Å². The van der Waals surface area contributed by atoms with E-state index < -0.39 is 46.5 Å². The van der Waals surface area contributed by atoms with Crippen LogP contribution in [0.15, 0.2) is 42.5 Å². The highest BCUT2D eigenvalue weighted by atomic mass is 19.4. The van der Waals surface area contributed by atoms with E-state index in [1.165, 1.54) is 12.1 Å². The molecule has 2 nitrogen and oxygen atoms in total. The van der Waals surface area contributed by atoms with E-state index in [4.69, 9.17) is 0 Å². The van der Waals surface area contributed by atoms with E-state index >= 15 is 0 Å². The molecule has 0 heterocycles. The van der Waals surface area contributed by atoms with Gasteiger partial charge >= 0.3 is 12.4 Å². The van der Waals surface area contributed by atoms with Crippen LogP contribution in [0.4, 0.5) is 26.3 Å². The number of Topliss-reactive ketones (excluding diaryl/α,β-unsaturated/α-hetero) is 2. The average molecular weight is 400 g/mol. The molecule has 0 bridgehead atoms. The van der Waals surface area contributed by atoms with Gasteiger partial charge in [0.1, 0.15) is 11.6 Å². The van der Waals surface area contributed by atoms with Gasteiger partial charge in [0.05, 0.1) is 17.5 Å². The number of halogens is 6. The zero-order valence-corrected chi connectivity index (χ0v) is 14.3. The quantitative estimate of drug-likeness (QED) is 0.472. The minimum atomic E-state index is -4.79. The number of benzene rings is 2. The van der Waals surface area contributed by atoms with Crippen LogP contribution in [0.2, 0.25) is 0 Å². The Bertz CT molecular complexity index is 911. The fourth-order valence-corrected chi connectivity index (χ4v) is 3.41. The summed E-state index contributed by atoms with van der Waals surface area (Å²) in [4.78, 5) is 23.4. The second-order valence-electron chi connectivity index (χ2n) is 6.74. The lowest BCUT2D eigenvalue weighted by atomic mass is 9.81. The summed E-state index contributed by atoms with van der Waals surface area (Å²) >= 11 is 0. The second-order valence-corrected chi connectivity index (χ2v) is 6.74. The van der Waals surface area contributed by atoms with Gasteiger partial charge in [-0.25, -0.2) is 0 Å². The van der Waals surface area contributed by atoms with Gasteiger partial charge in [0.25, 0.3) is 0 Å². The molecule has 2 aromatic rings. The molecule has 1 aliphatic carbocycles. The molecule has 2 aromatic carbocycles. The van der Waals surface area contributed by atoms with E-state index in [0.717, 1.165) is 24.3 Å². The highest BCUT2D eigenvalue weighted by Gasteiger charge is 2.36. The predicted molar refractivity (Wildman–Crippen MR) is 88.5 cm³/mol. The number of hydrogen-bond donors (Lipinski definition) is 0. The molecule has 0 amide bonds. The Labute approximate surface area is 156 Å². The van der Waals surface area contributed by atoms with Crippen LogP contribution >= 0.6 is 0 Å². The third-order valence-corrected chi connectivity index (χ3v) is 4.64. The molecule has 28 heavy (non-hydrogen) atoms. The summed E-state index contributed by atoms with van der Waals surface area (Å²) in [6.45, 7) is 0. The summed E-state index contributed by atoms with van der Waals surface area (Å²) in [7, 11) is 0. The Morgan fingerprint density at radius 1 is 0.786 bits per heavy atom. The molecule has 0 saturated heterocycles. The Balaban J connectivity index is 2.18. The van der Waals surface area contributed by atoms with Crippen LogP contribution in [0.5, 0.6) is 0 Å². The number of hydrogen-bond acceptors (Lipinski definition) is 2. The van der Waals surface area contributed by atoms with Crippen LogP contribution in [0.3, 0.4) is 0 Å². The van der Waals surface area contributed by atoms with Gasteiger partial charge in [-0.3, -0.25) is 9.59 Å². The van der Waals surface area contributed by atoms with E-state index in [1.807, 2.05) is 0 Å². The lowest BCUT2D eigenvalue weighted by molar-refractivity contribution is -0.137. The van der Waals surface area contributed by atoms with Crippen LogP contribution in [0, 0.1) is 0 Å². The largest absolute Gasteiger partial charge is 0.417 e. The molecule has 1 aliphatic rings. The molecular weight excluding hydrogens is 386 g/mol. The molecule has 0 aromatic heterocycles.